The van der Waals surface area contributed by atoms with E-state index in [0.29, 0.717) is 13.2 Å². The number of allylic oxidation sites excluding steroid dienone is 2. The minimum atomic E-state index is 0.571. The van der Waals surface area contributed by atoms with Crippen LogP contribution in [0.1, 0.15) is 12.8 Å². The summed E-state index contributed by atoms with van der Waals surface area (Å²) in [6, 6.07) is 0. The van der Waals surface area contributed by atoms with Crippen LogP contribution >= 0.6 is 0 Å². The molecule has 1 fully saturated rings. The van der Waals surface area contributed by atoms with Crippen LogP contribution in [0.25, 0.3) is 0 Å². The van der Waals surface area contributed by atoms with Crippen molar-refractivity contribution in [1.82, 2.24) is 4.90 Å². The van der Waals surface area contributed by atoms with Gasteiger partial charge in [0, 0.05) is 13.7 Å². The average molecular weight is 279 g/mol. The quantitative estimate of drug-likeness (QED) is 0.367. The lowest BCUT2D eigenvalue weighted by Crippen LogP contribution is -2.23. The van der Waals surface area contributed by atoms with Gasteiger partial charge in [0.2, 0.25) is 0 Å². The van der Waals surface area contributed by atoms with Gasteiger partial charge in [0.05, 0.1) is 19.8 Å². The van der Waals surface area contributed by atoms with Gasteiger partial charge >= 0.3 is 0 Å². The highest BCUT2D eigenvalue weighted by Gasteiger charge is 2.09. The average Bonchev–Trinajstić information content (AvgIpc) is 2.98. The monoisotopic (exact) mass is 279 g/mol. The third-order valence-corrected chi connectivity index (χ3v) is 2.91. The van der Waals surface area contributed by atoms with Gasteiger partial charge in [0.1, 0.15) is 0 Å². The molecule has 0 aliphatic carbocycles. The molecule has 0 bridgehead atoms. The van der Waals surface area contributed by atoms with Crippen molar-refractivity contribution < 1.29 is 9.47 Å². The van der Waals surface area contributed by atoms with Gasteiger partial charge in [-0.05, 0) is 31.5 Å². The van der Waals surface area contributed by atoms with E-state index in [1.165, 1.54) is 25.9 Å². The van der Waals surface area contributed by atoms with E-state index < -0.39 is 0 Å². The topological polar surface area (TPSA) is 21.7 Å². The van der Waals surface area contributed by atoms with Crippen LogP contribution in [0.15, 0.2) is 49.6 Å². The van der Waals surface area contributed by atoms with Crippen LogP contribution < -0.4 is 0 Å². The fourth-order valence-corrected chi connectivity index (χ4v) is 1.81. The Balaban J connectivity index is 0.000000367. The molecule has 0 atom stereocenters. The van der Waals surface area contributed by atoms with E-state index in [2.05, 4.69) is 24.6 Å². The Morgan fingerprint density at radius 1 is 1.20 bits per heavy atom. The Morgan fingerprint density at radius 2 is 1.90 bits per heavy atom. The van der Waals surface area contributed by atoms with Crippen LogP contribution in [0, 0.1) is 0 Å². The summed E-state index contributed by atoms with van der Waals surface area (Å²) in [7, 11) is 1.76. The summed E-state index contributed by atoms with van der Waals surface area (Å²) in [5.41, 5.74) is 1.03. The molecule has 0 aromatic heterocycles. The van der Waals surface area contributed by atoms with Crippen molar-refractivity contribution in [2.75, 3.05) is 46.6 Å². The molecule has 0 N–H and O–H groups in total. The number of methoxy groups -OCH3 is 1. The highest BCUT2D eigenvalue weighted by Crippen LogP contribution is 2.05. The van der Waals surface area contributed by atoms with Crippen molar-refractivity contribution in [1.29, 1.82) is 0 Å². The smallest absolute Gasteiger partial charge is 0.0720 e. The molecule has 0 radical (unpaired) electrons. The molecule has 0 spiro atoms. The minimum absolute atomic E-state index is 0.571. The number of hydrogen-bond acceptors (Lipinski definition) is 3. The first kappa shape index (κ1) is 18.8. The summed E-state index contributed by atoms with van der Waals surface area (Å²) in [4.78, 5) is 2.45. The van der Waals surface area contributed by atoms with E-state index in [9.17, 15) is 0 Å². The first-order valence-electron chi connectivity index (χ1n) is 7.12. The maximum Gasteiger partial charge on any atom is 0.0720 e. The third-order valence-electron chi connectivity index (χ3n) is 2.91. The summed E-state index contributed by atoms with van der Waals surface area (Å²) < 4.78 is 10.1. The molecule has 1 aliphatic heterocycles. The van der Waals surface area contributed by atoms with Crippen molar-refractivity contribution in [2.24, 2.45) is 0 Å². The second kappa shape index (κ2) is 14.3. The van der Waals surface area contributed by atoms with Gasteiger partial charge in [-0.3, -0.25) is 0 Å². The highest BCUT2D eigenvalue weighted by molar-refractivity contribution is 5.21. The van der Waals surface area contributed by atoms with Crippen LogP contribution in [-0.2, 0) is 9.47 Å². The van der Waals surface area contributed by atoms with Crippen LogP contribution in [0.5, 0.6) is 0 Å². The van der Waals surface area contributed by atoms with Crippen molar-refractivity contribution in [2.45, 2.75) is 12.8 Å². The van der Waals surface area contributed by atoms with E-state index in [1.54, 1.807) is 25.3 Å². The zero-order valence-electron chi connectivity index (χ0n) is 12.9. The van der Waals surface area contributed by atoms with Crippen molar-refractivity contribution in [3.05, 3.63) is 49.6 Å². The number of likely N-dealkylation sites (tertiary alicyclic amines) is 1. The van der Waals surface area contributed by atoms with E-state index in [4.69, 9.17) is 9.47 Å². The largest absolute Gasteiger partial charge is 0.383 e. The molecule has 1 aliphatic rings. The van der Waals surface area contributed by atoms with Crippen LogP contribution in [0.2, 0.25) is 0 Å². The van der Waals surface area contributed by atoms with Gasteiger partial charge in [0.25, 0.3) is 0 Å². The minimum Gasteiger partial charge on any atom is -0.383 e. The molecule has 114 valence electrons. The summed E-state index contributed by atoms with van der Waals surface area (Å²) in [6.45, 7) is 16.5. The number of rotatable bonds is 9. The van der Waals surface area contributed by atoms with Gasteiger partial charge in [-0.2, -0.15) is 0 Å². The van der Waals surface area contributed by atoms with Gasteiger partial charge in [-0.15, -0.1) is 6.58 Å². The second-order valence-corrected chi connectivity index (χ2v) is 4.53. The second-order valence-electron chi connectivity index (χ2n) is 4.53. The normalized spacial score (nSPS) is 15.3. The van der Waals surface area contributed by atoms with E-state index in [-0.39, 0.29) is 0 Å². The molecular weight excluding hydrogens is 250 g/mol. The summed E-state index contributed by atoms with van der Waals surface area (Å²) >= 11 is 0. The lowest BCUT2D eigenvalue weighted by atomic mass is 10.2. The molecule has 0 unspecified atom stereocenters. The third kappa shape index (κ3) is 10.7. The maximum atomic E-state index is 5.18. The molecule has 3 heteroatoms. The SMILES string of the molecule is C=C/C=C(\C=C)COCC=C.COCCN1CCCC1. The lowest BCUT2D eigenvalue weighted by Gasteiger charge is -2.12. The lowest BCUT2D eigenvalue weighted by molar-refractivity contribution is 0.161. The summed E-state index contributed by atoms with van der Waals surface area (Å²) in [5.74, 6) is 0. The first-order valence-corrected chi connectivity index (χ1v) is 7.12. The van der Waals surface area contributed by atoms with Gasteiger partial charge < -0.3 is 14.4 Å². The maximum absolute atomic E-state index is 5.18. The highest BCUT2D eigenvalue weighted by atomic mass is 16.5. The molecule has 0 amide bonds. The Morgan fingerprint density at radius 3 is 2.40 bits per heavy atom. The molecule has 1 heterocycles. The zero-order chi connectivity index (χ0) is 15.1. The predicted octanol–water partition coefficient (Wildman–Crippen LogP) is 3.22. The van der Waals surface area contributed by atoms with Gasteiger partial charge in [-0.25, -0.2) is 0 Å². The van der Waals surface area contributed by atoms with E-state index >= 15 is 0 Å². The molecule has 0 aromatic rings. The first-order chi connectivity index (χ1) is 9.78. The van der Waals surface area contributed by atoms with Crippen LogP contribution in [0.4, 0.5) is 0 Å². The number of nitrogens with zero attached hydrogens (tertiary/aromatic N) is 1. The Hall–Kier alpha value is -1.16. The summed E-state index contributed by atoms with van der Waals surface area (Å²) in [6.07, 6.45) is 9.82. The molecule has 0 saturated carbocycles. The molecule has 0 aromatic carbocycles. The van der Waals surface area contributed by atoms with Crippen LogP contribution in [0.3, 0.4) is 0 Å². The van der Waals surface area contributed by atoms with Crippen LogP contribution in [-0.4, -0.2) is 51.5 Å². The molecule has 20 heavy (non-hydrogen) atoms. The molecule has 1 rings (SSSR count). The van der Waals surface area contributed by atoms with E-state index in [0.717, 1.165) is 18.7 Å². The fraction of sp³-hybridized carbons (Fsp3) is 0.529. The number of hydrogen-bond donors (Lipinski definition) is 0. The Bertz CT molecular complexity index is 291. The standard InChI is InChI=1S/C10H14O.C7H15NO/c1-4-7-10(6-3)9-11-8-5-2;1-9-7-6-8-4-2-3-5-8/h4-7H,1-3,8-9H2;2-7H2,1H3/b10-7+;. The molecule has 3 nitrogen and oxygen atoms in total. The predicted molar refractivity (Wildman–Crippen MR) is 87.0 cm³/mol. The Kier molecular flexibility index (Phi) is 13.4. The fourth-order valence-electron chi connectivity index (χ4n) is 1.81. The van der Waals surface area contributed by atoms with E-state index in [1.807, 2.05) is 6.08 Å². The van der Waals surface area contributed by atoms with Gasteiger partial charge in [0.15, 0.2) is 0 Å². The summed E-state index contributed by atoms with van der Waals surface area (Å²) in [5, 5.41) is 0. The van der Waals surface area contributed by atoms with Gasteiger partial charge in [-0.1, -0.05) is 37.5 Å². The number of ether oxygens (including phenoxy) is 2. The zero-order valence-corrected chi connectivity index (χ0v) is 12.9. The molecule has 1 saturated heterocycles. The van der Waals surface area contributed by atoms with Crippen molar-refractivity contribution in [3.63, 3.8) is 0 Å². The Labute approximate surface area is 124 Å². The van der Waals surface area contributed by atoms with Crippen molar-refractivity contribution in [3.8, 4) is 0 Å². The van der Waals surface area contributed by atoms with Crippen molar-refractivity contribution >= 4 is 0 Å². The molecular formula is C17H29NO2.